The van der Waals surface area contributed by atoms with Gasteiger partial charge in [0.25, 0.3) is 0 Å². The van der Waals surface area contributed by atoms with E-state index in [9.17, 15) is 13.2 Å². The molecule has 0 saturated carbocycles. The minimum absolute atomic E-state index is 0.134. The number of para-hydroxylation sites is 1. The van der Waals surface area contributed by atoms with Crippen LogP contribution in [0.5, 0.6) is 0 Å². The van der Waals surface area contributed by atoms with Crippen LogP contribution < -0.4 is 16.2 Å². The highest BCUT2D eigenvalue weighted by atomic mass is 32.2. The summed E-state index contributed by atoms with van der Waals surface area (Å²) >= 11 is 0. The fraction of sp³-hybridized carbons (Fsp3) is 0.417. The molecule has 0 aromatic heterocycles. The zero-order valence-electron chi connectivity index (χ0n) is 11.2. The zero-order chi connectivity index (χ0) is 14.8. The van der Waals surface area contributed by atoms with Gasteiger partial charge >= 0.3 is 0 Å². The highest BCUT2D eigenvalue weighted by Gasteiger charge is 2.28. The Morgan fingerprint density at radius 2 is 1.79 bits per heavy atom. The lowest BCUT2D eigenvalue weighted by Crippen LogP contribution is -2.45. The standard InChI is InChI=1S/C12H19N3O3S/c1-12(2,3)10(13)11(16)15-8-6-4-5-7-9(8)19(14,17)18/h4-7,10H,13H2,1-3H3,(H,15,16)(H2,14,17,18)/t10-/m0/s1. The van der Waals surface area contributed by atoms with Gasteiger partial charge in [0, 0.05) is 0 Å². The van der Waals surface area contributed by atoms with Gasteiger partial charge in [0.1, 0.15) is 4.90 Å². The molecule has 0 aliphatic rings. The molecule has 0 aliphatic carbocycles. The van der Waals surface area contributed by atoms with Crippen LogP contribution in [0.3, 0.4) is 0 Å². The molecule has 19 heavy (non-hydrogen) atoms. The average Bonchev–Trinajstić information content (AvgIpc) is 2.26. The molecule has 0 aliphatic heterocycles. The van der Waals surface area contributed by atoms with Crippen LogP contribution in [-0.2, 0) is 14.8 Å². The summed E-state index contributed by atoms with van der Waals surface area (Å²) in [6.45, 7) is 5.47. The van der Waals surface area contributed by atoms with Crippen molar-refractivity contribution in [2.45, 2.75) is 31.7 Å². The number of primary sulfonamides is 1. The molecule has 0 unspecified atom stereocenters. The molecule has 0 radical (unpaired) electrons. The van der Waals surface area contributed by atoms with Gasteiger partial charge < -0.3 is 11.1 Å². The van der Waals surface area contributed by atoms with Crippen LogP contribution in [0, 0.1) is 5.41 Å². The van der Waals surface area contributed by atoms with Crippen molar-refractivity contribution < 1.29 is 13.2 Å². The molecular formula is C12H19N3O3S. The van der Waals surface area contributed by atoms with Gasteiger partial charge in [-0.1, -0.05) is 32.9 Å². The Morgan fingerprint density at radius 3 is 2.26 bits per heavy atom. The van der Waals surface area contributed by atoms with Crippen molar-refractivity contribution in [1.29, 1.82) is 0 Å². The predicted octanol–water partition coefficient (Wildman–Crippen LogP) is 0.646. The quantitative estimate of drug-likeness (QED) is 0.756. The van der Waals surface area contributed by atoms with Crippen LogP contribution in [0.1, 0.15) is 20.8 Å². The minimum atomic E-state index is -3.90. The molecule has 0 spiro atoms. The molecule has 1 amide bonds. The molecule has 0 heterocycles. The van der Waals surface area contributed by atoms with E-state index in [4.69, 9.17) is 10.9 Å². The van der Waals surface area contributed by atoms with Crippen molar-refractivity contribution in [2.24, 2.45) is 16.3 Å². The minimum Gasteiger partial charge on any atom is -0.323 e. The monoisotopic (exact) mass is 285 g/mol. The van der Waals surface area contributed by atoms with Crippen LogP contribution in [0.25, 0.3) is 0 Å². The summed E-state index contributed by atoms with van der Waals surface area (Å²) < 4.78 is 22.8. The van der Waals surface area contributed by atoms with Gasteiger partial charge in [0.05, 0.1) is 11.7 Å². The maximum atomic E-state index is 12.0. The van der Waals surface area contributed by atoms with E-state index in [1.807, 2.05) is 20.8 Å². The van der Waals surface area contributed by atoms with Crippen LogP contribution >= 0.6 is 0 Å². The lowest BCUT2D eigenvalue weighted by atomic mass is 9.87. The van der Waals surface area contributed by atoms with Crippen LogP contribution in [0.2, 0.25) is 0 Å². The van der Waals surface area contributed by atoms with Crippen LogP contribution in [0.15, 0.2) is 29.2 Å². The summed E-state index contributed by atoms with van der Waals surface area (Å²) in [5.41, 5.74) is 5.51. The van der Waals surface area contributed by atoms with E-state index in [-0.39, 0.29) is 10.6 Å². The Kier molecular flexibility index (Phi) is 4.34. The summed E-state index contributed by atoms with van der Waals surface area (Å²) in [6, 6.07) is 5.16. The first-order chi connectivity index (χ1) is 8.53. The molecule has 1 aromatic rings. The lowest BCUT2D eigenvalue weighted by Gasteiger charge is -2.26. The molecule has 0 fully saturated rings. The lowest BCUT2D eigenvalue weighted by molar-refractivity contribution is -0.119. The van der Waals surface area contributed by atoms with E-state index in [0.717, 1.165) is 0 Å². The second-order valence-electron chi connectivity index (χ2n) is 5.37. The summed E-state index contributed by atoms with van der Waals surface area (Å²) in [6.07, 6.45) is 0. The SMILES string of the molecule is CC(C)(C)[C@@H](N)C(=O)Nc1ccccc1S(N)(=O)=O. The van der Waals surface area contributed by atoms with Gasteiger partial charge in [0.15, 0.2) is 0 Å². The van der Waals surface area contributed by atoms with E-state index in [1.165, 1.54) is 18.2 Å². The van der Waals surface area contributed by atoms with Crippen LogP contribution in [0.4, 0.5) is 5.69 Å². The smallest absolute Gasteiger partial charge is 0.241 e. The van der Waals surface area contributed by atoms with Crippen LogP contribution in [-0.4, -0.2) is 20.4 Å². The molecule has 7 heteroatoms. The normalized spacial score (nSPS) is 13.9. The molecule has 1 aromatic carbocycles. The Labute approximate surface area is 113 Å². The molecular weight excluding hydrogens is 266 g/mol. The Bertz CT molecular complexity index is 576. The molecule has 6 nitrogen and oxygen atoms in total. The van der Waals surface area contributed by atoms with E-state index in [1.54, 1.807) is 6.07 Å². The Morgan fingerprint density at radius 1 is 1.26 bits per heavy atom. The molecule has 5 N–H and O–H groups in total. The third-order valence-electron chi connectivity index (χ3n) is 2.67. The van der Waals surface area contributed by atoms with Crippen molar-refractivity contribution >= 4 is 21.6 Å². The first kappa shape index (κ1) is 15.6. The third kappa shape index (κ3) is 4.02. The number of anilines is 1. The number of sulfonamides is 1. The molecule has 0 saturated heterocycles. The van der Waals surface area contributed by atoms with Crippen molar-refractivity contribution in [1.82, 2.24) is 0 Å². The molecule has 1 rings (SSSR count). The molecule has 106 valence electrons. The maximum absolute atomic E-state index is 12.0. The molecule has 0 bridgehead atoms. The summed E-state index contributed by atoms with van der Waals surface area (Å²) in [4.78, 5) is 11.8. The van der Waals surface area contributed by atoms with Gasteiger partial charge in [-0.15, -0.1) is 0 Å². The largest absolute Gasteiger partial charge is 0.323 e. The predicted molar refractivity (Wildman–Crippen MR) is 73.9 cm³/mol. The number of amides is 1. The zero-order valence-corrected chi connectivity index (χ0v) is 12.0. The van der Waals surface area contributed by atoms with Crippen molar-refractivity contribution in [3.8, 4) is 0 Å². The van der Waals surface area contributed by atoms with E-state index < -0.39 is 27.4 Å². The van der Waals surface area contributed by atoms with Gasteiger partial charge in [-0.2, -0.15) is 0 Å². The van der Waals surface area contributed by atoms with Crippen molar-refractivity contribution in [3.05, 3.63) is 24.3 Å². The number of rotatable bonds is 3. The summed E-state index contributed by atoms with van der Waals surface area (Å²) in [5.74, 6) is -0.455. The summed E-state index contributed by atoms with van der Waals surface area (Å²) in [5, 5.41) is 7.59. The highest BCUT2D eigenvalue weighted by Crippen LogP contribution is 2.22. The number of carbonyl (C=O) groups is 1. The number of benzene rings is 1. The van der Waals surface area contributed by atoms with Crippen molar-refractivity contribution in [2.75, 3.05) is 5.32 Å². The number of hydrogen-bond donors (Lipinski definition) is 3. The first-order valence-electron chi connectivity index (χ1n) is 5.72. The number of nitrogens with one attached hydrogen (secondary N) is 1. The third-order valence-corrected chi connectivity index (χ3v) is 3.64. The fourth-order valence-electron chi connectivity index (χ4n) is 1.42. The number of nitrogens with two attached hydrogens (primary N) is 2. The van der Waals surface area contributed by atoms with Gasteiger partial charge in [-0.25, -0.2) is 13.6 Å². The Balaban J connectivity index is 3.05. The van der Waals surface area contributed by atoms with Gasteiger partial charge in [-0.3, -0.25) is 4.79 Å². The Hall–Kier alpha value is -1.44. The fourth-order valence-corrected chi connectivity index (χ4v) is 2.12. The van der Waals surface area contributed by atoms with E-state index >= 15 is 0 Å². The van der Waals surface area contributed by atoms with E-state index in [0.29, 0.717) is 0 Å². The first-order valence-corrected chi connectivity index (χ1v) is 7.26. The summed E-state index contributed by atoms with van der Waals surface area (Å²) in [7, 11) is -3.90. The topological polar surface area (TPSA) is 115 Å². The number of carbonyl (C=O) groups excluding carboxylic acids is 1. The molecule has 1 atom stereocenters. The average molecular weight is 285 g/mol. The highest BCUT2D eigenvalue weighted by molar-refractivity contribution is 7.89. The van der Waals surface area contributed by atoms with Gasteiger partial charge in [-0.05, 0) is 17.5 Å². The second-order valence-corrected chi connectivity index (χ2v) is 6.90. The van der Waals surface area contributed by atoms with Crippen molar-refractivity contribution in [3.63, 3.8) is 0 Å². The maximum Gasteiger partial charge on any atom is 0.241 e. The van der Waals surface area contributed by atoms with E-state index in [2.05, 4.69) is 5.32 Å². The second kappa shape index (κ2) is 5.28. The van der Waals surface area contributed by atoms with Gasteiger partial charge in [0.2, 0.25) is 15.9 Å². The number of hydrogen-bond acceptors (Lipinski definition) is 4.